The van der Waals surface area contributed by atoms with Gasteiger partial charge in [0.05, 0.1) is 12.3 Å². The summed E-state index contributed by atoms with van der Waals surface area (Å²) in [6.45, 7) is 0.632. The minimum atomic E-state index is -0.887. The van der Waals surface area contributed by atoms with E-state index in [1.807, 2.05) is 24.3 Å². The fraction of sp³-hybridized carbons (Fsp3) is 0.389. The molecule has 0 radical (unpaired) electrons. The maximum absolute atomic E-state index is 10.8. The van der Waals surface area contributed by atoms with E-state index in [1.54, 1.807) is 0 Å². The molecule has 0 amide bonds. The lowest BCUT2D eigenvalue weighted by Crippen LogP contribution is -2.05. The molecule has 21 heavy (non-hydrogen) atoms. The van der Waals surface area contributed by atoms with Gasteiger partial charge in [-0.2, -0.15) is 0 Å². The van der Waals surface area contributed by atoms with E-state index in [1.165, 1.54) is 18.4 Å². The van der Waals surface area contributed by atoms with E-state index in [2.05, 4.69) is 12.0 Å². The molecule has 3 nitrogen and oxygen atoms in total. The lowest BCUT2D eigenvalue weighted by molar-refractivity contribution is -0.137. The van der Waals surface area contributed by atoms with Gasteiger partial charge in [0.25, 0.3) is 0 Å². The number of carboxylic acid groups (broad SMARTS) is 1. The lowest BCUT2D eigenvalue weighted by atomic mass is 9.96. The predicted molar refractivity (Wildman–Crippen MR) is 82.3 cm³/mol. The third kappa shape index (κ3) is 4.68. The average molecular weight is 284 g/mol. The molecule has 1 aromatic carbocycles. The highest BCUT2D eigenvalue weighted by Crippen LogP contribution is 2.23. The molecule has 1 atom stereocenters. The first-order chi connectivity index (χ1) is 10.2. The van der Waals surface area contributed by atoms with Gasteiger partial charge in [-0.3, -0.25) is 4.79 Å². The number of aliphatic carboxylic acids is 1. The highest BCUT2D eigenvalue weighted by molar-refractivity contribution is 5.68. The van der Waals surface area contributed by atoms with Crippen LogP contribution in [0, 0.1) is 12.3 Å². The monoisotopic (exact) mass is 284 g/mol. The van der Waals surface area contributed by atoms with E-state index >= 15 is 0 Å². The first-order valence-corrected chi connectivity index (χ1v) is 7.27. The molecule has 0 saturated heterocycles. The van der Waals surface area contributed by atoms with Crippen molar-refractivity contribution < 1.29 is 14.6 Å². The van der Waals surface area contributed by atoms with Crippen molar-refractivity contribution in [2.75, 3.05) is 6.61 Å². The van der Waals surface area contributed by atoms with Crippen molar-refractivity contribution in [2.45, 2.75) is 38.0 Å². The van der Waals surface area contributed by atoms with Gasteiger partial charge in [0.1, 0.15) is 12.4 Å². The molecule has 110 valence electrons. The number of rotatable bonds is 6. The molecule has 0 aromatic heterocycles. The average Bonchev–Trinajstić information content (AvgIpc) is 2.52. The molecule has 1 N–H and O–H groups in total. The van der Waals surface area contributed by atoms with Gasteiger partial charge in [-0.05, 0) is 49.0 Å². The summed E-state index contributed by atoms with van der Waals surface area (Å²) in [5.41, 5.74) is 2.20. The molecular formula is C18H20O3. The number of carbonyl (C=O) groups is 1. The summed E-state index contributed by atoms with van der Waals surface area (Å²) in [5, 5.41) is 8.83. The van der Waals surface area contributed by atoms with Crippen LogP contribution in [0.1, 0.15) is 43.6 Å². The van der Waals surface area contributed by atoms with Crippen LogP contribution in [0.4, 0.5) is 0 Å². The van der Waals surface area contributed by atoms with Gasteiger partial charge >= 0.3 is 5.97 Å². The summed E-state index contributed by atoms with van der Waals surface area (Å²) in [5.74, 6) is 2.03. The second-order valence-corrected chi connectivity index (χ2v) is 5.28. The van der Waals surface area contributed by atoms with Crippen LogP contribution in [0.15, 0.2) is 35.9 Å². The third-order valence-corrected chi connectivity index (χ3v) is 3.67. The number of hydrogen-bond donors (Lipinski definition) is 1. The predicted octanol–water partition coefficient (Wildman–Crippen LogP) is 3.76. The molecule has 0 heterocycles. The second-order valence-electron chi connectivity index (χ2n) is 5.28. The first-order valence-electron chi connectivity index (χ1n) is 7.27. The van der Waals surface area contributed by atoms with Crippen LogP contribution < -0.4 is 4.74 Å². The minimum absolute atomic E-state index is 0.0520. The topological polar surface area (TPSA) is 46.5 Å². The molecule has 3 heteroatoms. The number of carboxylic acids is 1. The van der Waals surface area contributed by atoms with Crippen molar-refractivity contribution >= 4 is 5.97 Å². The Bertz CT molecular complexity index is 549. The van der Waals surface area contributed by atoms with Gasteiger partial charge in [0, 0.05) is 0 Å². The van der Waals surface area contributed by atoms with Gasteiger partial charge in [-0.15, -0.1) is 6.42 Å². The Kier molecular flexibility index (Phi) is 5.45. The van der Waals surface area contributed by atoms with Gasteiger partial charge in [-0.25, -0.2) is 0 Å². The number of ether oxygens (including phenoxy) is 1. The minimum Gasteiger partial charge on any atom is -0.489 e. The van der Waals surface area contributed by atoms with Crippen LogP contribution in [0.3, 0.4) is 0 Å². The van der Waals surface area contributed by atoms with Crippen LogP contribution in [0.5, 0.6) is 5.75 Å². The van der Waals surface area contributed by atoms with Crippen LogP contribution >= 0.6 is 0 Å². The third-order valence-electron chi connectivity index (χ3n) is 3.67. The summed E-state index contributed by atoms with van der Waals surface area (Å²) in [4.78, 5) is 10.8. The number of benzene rings is 1. The Morgan fingerprint density at radius 3 is 2.67 bits per heavy atom. The molecule has 1 aromatic rings. The van der Waals surface area contributed by atoms with Crippen molar-refractivity contribution in [3.63, 3.8) is 0 Å². The lowest BCUT2D eigenvalue weighted by Gasteiger charge is -2.14. The number of hydrogen-bond acceptors (Lipinski definition) is 2. The summed E-state index contributed by atoms with van der Waals surface area (Å²) >= 11 is 0. The van der Waals surface area contributed by atoms with E-state index in [-0.39, 0.29) is 6.42 Å². The smallest absolute Gasteiger partial charge is 0.304 e. The van der Waals surface area contributed by atoms with Gasteiger partial charge in [0.15, 0.2) is 0 Å². The van der Waals surface area contributed by atoms with E-state index in [0.29, 0.717) is 6.61 Å². The van der Waals surface area contributed by atoms with Crippen LogP contribution in [0.25, 0.3) is 0 Å². The maximum atomic E-state index is 10.8. The fourth-order valence-electron chi connectivity index (χ4n) is 2.46. The maximum Gasteiger partial charge on any atom is 0.304 e. The second kappa shape index (κ2) is 7.54. The fourth-order valence-corrected chi connectivity index (χ4v) is 2.46. The molecule has 0 bridgehead atoms. The van der Waals surface area contributed by atoms with Crippen LogP contribution in [-0.4, -0.2) is 17.7 Å². The zero-order chi connectivity index (χ0) is 15.1. The van der Waals surface area contributed by atoms with Gasteiger partial charge in [0.2, 0.25) is 0 Å². The van der Waals surface area contributed by atoms with Crippen molar-refractivity contribution in [1.29, 1.82) is 0 Å². The molecule has 2 rings (SSSR count). The first kappa shape index (κ1) is 15.2. The standard InChI is InChI=1S/C18H20O3/c1-2-15(12-18(19)20)16-8-10-17(11-9-16)21-13-14-6-4-3-5-7-14/h1,6,8-11,15H,3-5,7,12-13H2,(H,19,20). The highest BCUT2D eigenvalue weighted by Gasteiger charge is 2.13. The summed E-state index contributed by atoms with van der Waals surface area (Å²) < 4.78 is 5.76. The van der Waals surface area contributed by atoms with Crippen molar-refractivity contribution in [3.8, 4) is 18.1 Å². The highest BCUT2D eigenvalue weighted by atomic mass is 16.5. The molecule has 0 aliphatic heterocycles. The Balaban J connectivity index is 1.93. The van der Waals surface area contributed by atoms with Crippen LogP contribution in [-0.2, 0) is 4.79 Å². The van der Waals surface area contributed by atoms with E-state index in [9.17, 15) is 4.79 Å². The Hall–Kier alpha value is -2.21. The quantitative estimate of drug-likeness (QED) is 0.639. The summed E-state index contributed by atoms with van der Waals surface area (Å²) in [6.07, 6.45) is 12.4. The molecular weight excluding hydrogens is 264 g/mol. The zero-order valence-corrected chi connectivity index (χ0v) is 12.0. The Morgan fingerprint density at radius 1 is 1.33 bits per heavy atom. The van der Waals surface area contributed by atoms with Gasteiger partial charge < -0.3 is 9.84 Å². The number of terminal acetylenes is 1. The molecule has 1 aliphatic rings. The molecule has 1 unspecified atom stereocenters. The van der Waals surface area contributed by atoms with Crippen LogP contribution in [0.2, 0.25) is 0 Å². The molecule has 0 spiro atoms. The molecule has 1 aliphatic carbocycles. The Labute approximate surface area is 125 Å². The number of allylic oxidation sites excluding steroid dienone is 1. The normalized spacial score (nSPS) is 15.7. The molecule has 0 saturated carbocycles. The SMILES string of the molecule is C#CC(CC(=O)O)c1ccc(OCC2=CCCCC2)cc1. The van der Waals surface area contributed by atoms with Crippen molar-refractivity contribution in [2.24, 2.45) is 0 Å². The van der Waals surface area contributed by atoms with E-state index < -0.39 is 11.9 Å². The van der Waals surface area contributed by atoms with Crippen molar-refractivity contribution in [1.82, 2.24) is 0 Å². The zero-order valence-electron chi connectivity index (χ0n) is 12.0. The van der Waals surface area contributed by atoms with E-state index in [0.717, 1.165) is 24.2 Å². The molecule has 0 fully saturated rings. The van der Waals surface area contributed by atoms with Crippen molar-refractivity contribution in [3.05, 3.63) is 41.5 Å². The largest absolute Gasteiger partial charge is 0.489 e. The van der Waals surface area contributed by atoms with Gasteiger partial charge in [-0.1, -0.05) is 24.1 Å². The summed E-state index contributed by atoms with van der Waals surface area (Å²) in [6, 6.07) is 7.39. The Morgan fingerprint density at radius 2 is 2.10 bits per heavy atom. The van der Waals surface area contributed by atoms with E-state index in [4.69, 9.17) is 16.3 Å². The summed E-state index contributed by atoms with van der Waals surface area (Å²) in [7, 11) is 0.